The lowest BCUT2D eigenvalue weighted by Crippen LogP contribution is -2.05. The molecule has 0 saturated carbocycles. The van der Waals surface area contributed by atoms with Gasteiger partial charge in [0.1, 0.15) is 5.69 Å². The summed E-state index contributed by atoms with van der Waals surface area (Å²) in [7, 11) is 0. The fraction of sp³-hybridized carbons (Fsp3) is 0.545. The van der Waals surface area contributed by atoms with Gasteiger partial charge in [-0.2, -0.15) is 5.10 Å². The summed E-state index contributed by atoms with van der Waals surface area (Å²) in [6.07, 6.45) is 6.67. The second kappa shape index (κ2) is 9.03. The van der Waals surface area contributed by atoms with Gasteiger partial charge in [0.2, 0.25) is 0 Å². The summed E-state index contributed by atoms with van der Waals surface area (Å²) in [5.41, 5.74) is 6.46. The molecular formula is C22H32N5S. The maximum atomic E-state index is 4.94. The van der Waals surface area contributed by atoms with Crippen molar-refractivity contribution in [3.63, 3.8) is 0 Å². The summed E-state index contributed by atoms with van der Waals surface area (Å²) in [5.74, 6) is 0.508. The fourth-order valence-electron chi connectivity index (χ4n) is 3.75. The quantitative estimate of drug-likeness (QED) is 0.443. The minimum absolute atomic E-state index is 0.508. The van der Waals surface area contributed by atoms with Crippen LogP contribution in [-0.4, -0.2) is 26.1 Å². The molecular weight excluding hydrogens is 366 g/mol. The van der Waals surface area contributed by atoms with Crippen LogP contribution in [0.25, 0.3) is 16.2 Å². The van der Waals surface area contributed by atoms with Gasteiger partial charge in [0, 0.05) is 12.1 Å². The first-order valence-corrected chi connectivity index (χ1v) is 11.2. The van der Waals surface area contributed by atoms with Gasteiger partial charge >= 0.3 is 0 Å². The molecule has 0 fully saturated rings. The van der Waals surface area contributed by atoms with Crippen LogP contribution in [0.5, 0.6) is 0 Å². The van der Waals surface area contributed by atoms with E-state index >= 15 is 0 Å². The lowest BCUT2D eigenvalue weighted by atomic mass is 9.95. The zero-order valence-corrected chi connectivity index (χ0v) is 18.8. The van der Waals surface area contributed by atoms with Gasteiger partial charge in [-0.3, -0.25) is 0 Å². The number of aromatic nitrogens is 4. The third-order valence-electron chi connectivity index (χ3n) is 5.26. The van der Waals surface area contributed by atoms with Crippen LogP contribution < -0.4 is 5.32 Å². The largest absolute Gasteiger partial charge is 0.361 e. The van der Waals surface area contributed by atoms with Crippen molar-refractivity contribution in [2.24, 2.45) is 0 Å². The number of hydrogen-bond donors (Lipinski definition) is 1. The first kappa shape index (κ1) is 20.8. The number of imidazole rings is 1. The summed E-state index contributed by atoms with van der Waals surface area (Å²) >= 11 is 1.70. The van der Waals surface area contributed by atoms with Crippen LogP contribution in [0.2, 0.25) is 0 Å². The molecule has 1 N–H and O–H groups in total. The van der Waals surface area contributed by atoms with E-state index in [4.69, 9.17) is 15.1 Å². The lowest BCUT2D eigenvalue weighted by molar-refractivity contribution is 0.638. The molecule has 0 aromatic carbocycles. The van der Waals surface area contributed by atoms with E-state index in [1.165, 1.54) is 5.56 Å². The average molecular weight is 399 g/mol. The molecule has 5 nitrogen and oxygen atoms in total. The van der Waals surface area contributed by atoms with Gasteiger partial charge in [-0.15, -0.1) is 0 Å². The maximum absolute atomic E-state index is 4.94. The first-order chi connectivity index (χ1) is 13.5. The Bertz CT molecular complexity index is 936. The zero-order chi connectivity index (χ0) is 20.3. The molecule has 0 saturated heterocycles. The monoisotopic (exact) mass is 398 g/mol. The van der Waals surface area contributed by atoms with Crippen LogP contribution in [0.1, 0.15) is 75.0 Å². The number of anilines is 1. The van der Waals surface area contributed by atoms with Crippen molar-refractivity contribution in [2.45, 2.75) is 73.1 Å². The van der Waals surface area contributed by atoms with Crippen molar-refractivity contribution in [3.8, 4) is 10.6 Å². The molecule has 0 bridgehead atoms. The van der Waals surface area contributed by atoms with Crippen LogP contribution >= 0.6 is 11.3 Å². The highest BCUT2D eigenvalue weighted by molar-refractivity contribution is 7.19. The number of thiazole rings is 1. The third kappa shape index (κ3) is 4.07. The SMILES string of the molecule is CC[CH]CCNc1nc(C)c(-c2c(C)nc3c(C(CC)CC)cc(C)nn23)s1. The van der Waals surface area contributed by atoms with Crippen molar-refractivity contribution < 1.29 is 0 Å². The van der Waals surface area contributed by atoms with Gasteiger partial charge in [0.25, 0.3) is 0 Å². The van der Waals surface area contributed by atoms with Crippen molar-refractivity contribution in [1.29, 1.82) is 0 Å². The number of fused-ring (bicyclic) bond motifs is 1. The second-order valence-electron chi connectivity index (χ2n) is 7.38. The second-order valence-corrected chi connectivity index (χ2v) is 8.38. The Morgan fingerprint density at radius 2 is 1.86 bits per heavy atom. The van der Waals surface area contributed by atoms with Gasteiger partial charge in [-0.25, -0.2) is 14.5 Å². The molecule has 3 heterocycles. The Balaban J connectivity index is 2.04. The maximum Gasteiger partial charge on any atom is 0.183 e. The number of nitrogens with one attached hydrogen (secondary N) is 1. The number of unbranched alkanes of at least 4 members (excludes halogenated alkanes) is 2. The highest BCUT2D eigenvalue weighted by Gasteiger charge is 2.22. The molecule has 0 aliphatic rings. The Labute approximate surface area is 172 Å². The van der Waals surface area contributed by atoms with Gasteiger partial charge in [0.15, 0.2) is 10.8 Å². The van der Waals surface area contributed by atoms with Crippen molar-refractivity contribution in [1.82, 2.24) is 19.6 Å². The van der Waals surface area contributed by atoms with E-state index < -0.39 is 0 Å². The van der Waals surface area contributed by atoms with E-state index in [-0.39, 0.29) is 0 Å². The van der Waals surface area contributed by atoms with Crippen LogP contribution in [0, 0.1) is 27.2 Å². The Morgan fingerprint density at radius 1 is 1.11 bits per heavy atom. The van der Waals surface area contributed by atoms with E-state index in [1.54, 1.807) is 11.3 Å². The average Bonchev–Trinajstić information content (AvgIpc) is 3.18. The molecule has 6 heteroatoms. The normalized spacial score (nSPS) is 11.7. The molecule has 3 rings (SSSR count). The number of rotatable bonds is 9. The topological polar surface area (TPSA) is 55.1 Å². The Kier molecular flexibility index (Phi) is 6.70. The Morgan fingerprint density at radius 3 is 2.54 bits per heavy atom. The predicted octanol–water partition coefficient (Wildman–Crippen LogP) is 6.10. The molecule has 0 aliphatic carbocycles. The van der Waals surface area contributed by atoms with E-state index in [9.17, 15) is 0 Å². The Hall–Kier alpha value is -1.95. The first-order valence-electron chi connectivity index (χ1n) is 10.4. The molecule has 0 spiro atoms. The minimum atomic E-state index is 0.508. The summed E-state index contributed by atoms with van der Waals surface area (Å²) in [4.78, 5) is 10.8. The number of nitrogens with zero attached hydrogens (tertiary/aromatic N) is 4. The van der Waals surface area contributed by atoms with Crippen LogP contribution in [0.15, 0.2) is 6.07 Å². The molecule has 0 unspecified atom stereocenters. The highest BCUT2D eigenvalue weighted by Crippen LogP contribution is 2.37. The smallest absolute Gasteiger partial charge is 0.183 e. The molecule has 3 aromatic rings. The van der Waals surface area contributed by atoms with Gasteiger partial charge in [-0.05, 0) is 58.4 Å². The van der Waals surface area contributed by atoms with E-state index in [0.717, 1.165) is 70.7 Å². The number of hydrogen-bond acceptors (Lipinski definition) is 5. The standard InChI is InChI=1S/C22H32N5S/c1-7-10-11-12-23-22-25-16(6)20(28-22)19-15(5)24-21-18(17(8-2)9-3)13-14(4)26-27(19)21/h10,13,17H,7-9,11-12H2,1-6H3,(H,23,25). The predicted molar refractivity (Wildman–Crippen MR) is 119 cm³/mol. The third-order valence-corrected chi connectivity index (χ3v) is 6.38. The van der Waals surface area contributed by atoms with Crippen molar-refractivity contribution >= 4 is 22.1 Å². The van der Waals surface area contributed by atoms with Crippen molar-refractivity contribution in [2.75, 3.05) is 11.9 Å². The molecule has 0 aliphatic heterocycles. The summed E-state index contributed by atoms with van der Waals surface area (Å²) in [6, 6.07) is 2.21. The van der Waals surface area contributed by atoms with Gasteiger partial charge < -0.3 is 5.32 Å². The van der Waals surface area contributed by atoms with Crippen molar-refractivity contribution in [3.05, 3.63) is 35.1 Å². The fourth-order valence-corrected chi connectivity index (χ4v) is 4.82. The van der Waals surface area contributed by atoms with Crippen LogP contribution in [-0.2, 0) is 0 Å². The highest BCUT2D eigenvalue weighted by atomic mass is 32.1. The van der Waals surface area contributed by atoms with Gasteiger partial charge in [-0.1, -0.05) is 38.5 Å². The van der Waals surface area contributed by atoms with E-state index in [2.05, 4.69) is 59.3 Å². The zero-order valence-electron chi connectivity index (χ0n) is 18.0. The van der Waals surface area contributed by atoms with E-state index in [0.29, 0.717) is 5.92 Å². The summed E-state index contributed by atoms with van der Waals surface area (Å²) in [5, 5.41) is 9.26. The number of aryl methyl sites for hydroxylation is 3. The van der Waals surface area contributed by atoms with Crippen LogP contribution in [0.4, 0.5) is 5.13 Å². The van der Waals surface area contributed by atoms with Crippen LogP contribution in [0.3, 0.4) is 0 Å². The molecule has 151 valence electrons. The molecule has 1 radical (unpaired) electrons. The van der Waals surface area contributed by atoms with Gasteiger partial charge in [0.05, 0.1) is 22.0 Å². The molecule has 3 aromatic heterocycles. The van der Waals surface area contributed by atoms with E-state index in [1.807, 2.05) is 4.52 Å². The lowest BCUT2D eigenvalue weighted by Gasteiger charge is -2.14. The molecule has 0 amide bonds. The molecule has 28 heavy (non-hydrogen) atoms. The molecule has 0 atom stereocenters. The summed E-state index contributed by atoms with van der Waals surface area (Å²) in [6.45, 7) is 13.8. The summed E-state index contributed by atoms with van der Waals surface area (Å²) < 4.78 is 2.05. The minimum Gasteiger partial charge on any atom is -0.361 e.